The molecule has 2 aliphatic rings. The molecule has 2 bridgehead atoms. The minimum Gasteiger partial charge on any atom is -0.366 e. The molecule has 1 aromatic heterocycles. The Labute approximate surface area is 236 Å². The molecule has 2 aromatic carbocycles. The average molecular weight is 567 g/mol. The Morgan fingerprint density at radius 1 is 1.02 bits per heavy atom. The molecule has 0 spiro atoms. The summed E-state index contributed by atoms with van der Waals surface area (Å²) in [6.45, 7) is 2.37. The zero-order valence-electron chi connectivity index (χ0n) is 22.6. The van der Waals surface area contributed by atoms with E-state index in [-0.39, 0.29) is 18.0 Å². The van der Waals surface area contributed by atoms with Gasteiger partial charge in [-0.1, -0.05) is 30.7 Å². The lowest BCUT2D eigenvalue weighted by atomic mass is 10.1. The van der Waals surface area contributed by atoms with Crippen molar-refractivity contribution < 1.29 is 22.8 Å². The van der Waals surface area contributed by atoms with Gasteiger partial charge in [0.05, 0.1) is 23.0 Å². The maximum atomic E-state index is 13.6. The molecule has 0 radical (unpaired) electrons. The van der Waals surface area contributed by atoms with Gasteiger partial charge in [0.1, 0.15) is 0 Å². The lowest BCUT2D eigenvalue weighted by Crippen LogP contribution is -2.48. The number of urea groups is 1. The van der Waals surface area contributed by atoms with Crippen LogP contribution < -0.4 is 26.2 Å². The first kappa shape index (κ1) is 28.4. The van der Waals surface area contributed by atoms with Crippen LogP contribution >= 0.6 is 0 Å². The average Bonchev–Trinajstić information content (AvgIpc) is 3.38. The van der Waals surface area contributed by atoms with E-state index in [1.54, 1.807) is 23.1 Å². The molecule has 1 fully saturated rings. The molecule has 0 aliphatic carbocycles. The van der Waals surface area contributed by atoms with Gasteiger partial charge in [-0.2, -0.15) is 13.2 Å². The molecule has 1 saturated heterocycles. The van der Waals surface area contributed by atoms with Crippen molar-refractivity contribution in [1.82, 2.24) is 10.3 Å². The van der Waals surface area contributed by atoms with Gasteiger partial charge < -0.3 is 21.3 Å². The van der Waals surface area contributed by atoms with Gasteiger partial charge in [0.2, 0.25) is 5.91 Å². The van der Waals surface area contributed by atoms with Crippen LogP contribution in [0.15, 0.2) is 60.7 Å². The summed E-state index contributed by atoms with van der Waals surface area (Å²) < 4.78 is 40.0. The van der Waals surface area contributed by atoms with E-state index in [1.165, 1.54) is 6.07 Å². The van der Waals surface area contributed by atoms with Crippen LogP contribution in [0.1, 0.15) is 43.2 Å². The van der Waals surface area contributed by atoms with E-state index in [4.69, 9.17) is 10.7 Å². The molecule has 5 rings (SSSR count). The Kier molecular flexibility index (Phi) is 8.44. The van der Waals surface area contributed by atoms with Crippen molar-refractivity contribution in [2.24, 2.45) is 5.73 Å². The molecule has 216 valence electrons. The standard InChI is InChI=1S/C30H33F3N6O2/c31-30(32,33)22-8-5-7-21(17-22)25-11-12-26-28(37-25)39(24-13-15-38(26)19-24)29(41)36-23-9-4-6-20(16-23)18-35-27(40)10-2-1-3-14-34/h4-9,11-12,16-17,24H,1-3,10,13-15,18-19,34H2,(H,35,40)(H,36,41)/t24-/m0/s1. The van der Waals surface area contributed by atoms with Gasteiger partial charge in [-0.15, -0.1) is 0 Å². The topological polar surface area (TPSA) is 104 Å². The number of nitrogens with two attached hydrogens (primary N) is 1. The number of alkyl halides is 3. The number of hydrogen-bond donors (Lipinski definition) is 3. The molecular weight excluding hydrogens is 533 g/mol. The normalized spacial score (nSPS) is 16.0. The van der Waals surface area contributed by atoms with Gasteiger partial charge in [0.25, 0.3) is 0 Å². The molecule has 1 atom stereocenters. The number of nitrogens with zero attached hydrogens (tertiary/aromatic N) is 3. The van der Waals surface area contributed by atoms with Gasteiger partial charge in [-0.25, -0.2) is 9.78 Å². The number of amides is 3. The molecule has 2 aliphatic heterocycles. The van der Waals surface area contributed by atoms with E-state index in [0.717, 1.165) is 55.6 Å². The monoisotopic (exact) mass is 566 g/mol. The van der Waals surface area contributed by atoms with Crippen LogP contribution in [-0.2, 0) is 17.5 Å². The largest absolute Gasteiger partial charge is 0.416 e. The number of unbranched alkanes of at least 4 members (excludes halogenated alkanes) is 2. The predicted molar refractivity (Wildman–Crippen MR) is 153 cm³/mol. The van der Waals surface area contributed by atoms with Crippen LogP contribution in [0, 0.1) is 0 Å². The number of pyridine rings is 1. The smallest absolute Gasteiger partial charge is 0.366 e. The number of carbonyl (C=O) groups is 2. The second kappa shape index (κ2) is 12.2. The lowest BCUT2D eigenvalue weighted by molar-refractivity contribution is -0.137. The molecule has 3 amide bonds. The summed E-state index contributed by atoms with van der Waals surface area (Å²) in [5.74, 6) is 0.388. The summed E-state index contributed by atoms with van der Waals surface area (Å²) in [5.41, 5.74) is 7.60. The summed E-state index contributed by atoms with van der Waals surface area (Å²) in [4.78, 5) is 34.2. The Bertz CT molecular complexity index is 1410. The highest BCUT2D eigenvalue weighted by atomic mass is 19.4. The number of benzene rings is 2. The van der Waals surface area contributed by atoms with E-state index in [0.29, 0.717) is 48.8 Å². The van der Waals surface area contributed by atoms with Crippen LogP contribution in [0.25, 0.3) is 11.3 Å². The van der Waals surface area contributed by atoms with Crippen molar-refractivity contribution in [2.75, 3.05) is 34.8 Å². The highest BCUT2D eigenvalue weighted by Crippen LogP contribution is 2.41. The molecule has 4 N–H and O–H groups in total. The summed E-state index contributed by atoms with van der Waals surface area (Å²) in [6, 6.07) is 15.3. The predicted octanol–water partition coefficient (Wildman–Crippen LogP) is 5.53. The summed E-state index contributed by atoms with van der Waals surface area (Å²) >= 11 is 0. The Morgan fingerprint density at radius 3 is 2.66 bits per heavy atom. The van der Waals surface area contributed by atoms with Crippen LogP contribution in [0.4, 0.5) is 35.2 Å². The van der Waals surface area contributed by atoms with Crippen molar-refractivity contribution >= 4 is 29.1 Å². The molecule has 41 heavy (non-hydrogen) atoms. The first-order chi connectivity index (χ1) is 19.7. The number of nitrogens with one attached hydrogen (secondary N) is 2. The third-order valence-electron chi connectivity index (χ3n) is 7.43. The fraction of sp³-hybridized carbons (Fsp3) is 0.367. The first-order valence-corrected chi connectivity index (χ1v) is 13.8. The second-order valence-corrected chi connectivity index (χ2v) is 10.4. The van der Waals surface area contributed by atoms with Gasteiger partial charge in [0, 0.05) is 37.3 Å². The minimum absolute atomic E-state index is 0.0326. The molecule has 3 aromatic rings. The number of anilines is 3. The molecule has 0 unspecified atom stereocenters. The molecule has 8 nitrogen and oxygen atoms in total. The Morgan fingerprint density at radius 2 is 1.85 bits per heavy atom. The Hall–Kier alpha value is -4.12. The zero-order chi connectivity index (χ0) is 29.0. The highest BCUT2D eigenvalue weighted by Gasteiger charge is 2.40. The van der Waals surface area contributed by atoms with Crippen molar-refractivity contribution in [3.8, 4) is 11.3 Å². The van der Waals surface area contributed by atoms with E-state index >= 15 is 0 Å². The summed E-state index contributed by atoms with van der Waals surface area (Å²) in [6.07, 6.45) is -0.669. The Balaban J connectivity index is 1.32. The van der Waals surface area contributed by atoms with Gasteiger partial charge in [-0.3, -0.25) is 9.69 Å². The van der Waals surface area contributed by atoms with Crippen LogP contribution in [0.5, 0.6) is 0 Å². The maximum absolute atomic E-state index is 13.6. The van der Waals surface area contributed by atoms with E-state index in [1.807, 2.05) is 24.3 Å². The van der Waals surface area contributed by atoms with Gasteiger partial charge in [0.15, 0.2) is 5.82 Å². The number of fused-ring (bicyclic) bond motifs is 4. The lowest BCUT2D eigenvalue weighted by Gasteiger charge is -2.36. The summed E-state index contributed by atoms with van der Waals surface area (Å²) in [7, 11) is 0. The minimum atomic E-state index is -4.47. The van der Waals surface area contributed by atoms with Crippen LogP contribution in [0.3, 0.4) is 0 Å². The zero-order valence-corrected chi connectivity index (χ0v) is 22.6. The SMILES string of the molecule is NCCCCCC(=O)NCc1cccc(NC(=O)N2c3nc(-c4cccc(C(F)(F)F)c4)ccc3N3CC[C@H]2C3)c1. The second-order valence-electron chi connectivity index (χ2n) is 10.4. The van der Waals surface area contributed by atoms with E-state index in [2.05, 4.69) is 15.5 Å². The summed E-state index contributed by atoms with van der Waals surface area (Å²) in [5, 5.41) is 5.87. The number of aromatic nitrogens is 1. The van der Waals surface area contributed by atoms with Crippen molar-refractivity contribution in [1.29, 1.82) is 0 Å². The van der Waals surface area contributed by atoms with Crippen molar-refractivity contribution in [2.45, 2.75) is 50.9 Å². The van der Waals surface area contributed by atoms with Crippen LogP contribution in [0.2, 0.25) is 0 Å². The first-order valence-electron chi connectivity index (χ1n) is 13.8. The number of hydrogen-bond acceptors (Lipinski definition) is 5. The van der Waals surface area contributed by atoms with Crippen molar-refractivity contribution in [3.05, 3.63) is 71.8 Å². The third-order valence-corrected chi connectivity index (χ3v) is 7.43. The fourth-order valence-corrected chi connectivity index (χ4v) is 5.33. The van der Waals surface area contributed by atoms with Crippen molar-refractivity contribution in [3.63, 3.8) is 0 Å². The molecule has 11 heteroatoms. The highest BCUT2D eigenvalue weighted by molar-refractivity contribution is 6.04. The van der Waals surface area contributed by atoms with Gasteiger partial charge in [-0.05, 0) is 67.8 Å². The maximum Gasteiger partial charge on any atom is 0.416 e. The quantitative estimate of drug-likeness (QED) is 0.296. The van der Waals surface area contributed by atoms with E-state index in [9.17, 15) is 22.8 Å². The molecule has 0 saturated carbocycles. The van der Waals surface area contributed by atoms with Gasteiger partial charge >= 0.3 is 12.2 Å². The number of halogens is 3. The fourth-order valence-electron chi connectivity index (χ4n) is 5.33. The number of carbonyl (C=O) groups excluding carboxylic acids is 2. The molecular formula is C30H33F3N6O2. The number of rotatable bonds is 9. The van der Waals surface area contributed by atoms with E-state index < -0.39 is 11.7 Å². The van der Waals surface area contributed by atoms with Crippen LogP contribution in [-0.4, -0.2) is 42.6 Å². The molecule has 3 heterocycles. The third kappa shape index (κ3) is 6.62.